The van der Waals surface area contributed by atoms with Crippen molar-refractivity contribution in [2.45, 2.75) is 322 Å². The van der Waals surface area contributed by atoms with Crippen LogP contribution < -0.4 is 0 Å². The van der Waals surface area contributed by atoms with Crippen LogP contribution in [0.3, 0.4) is 0 Å². The first-order valence-corrected chi connectivity index (χ1v) is 33.4. The van der Waals surface area contributed by atoms with E-state index in [0.717, 1.165) is 116 Å². The van der Waals surface area contributed by atoms with Gasteiger partial charge in [-0.1, -0.05) is 297 Å². The summed E-state index contributed by atoms with van der Waals surface area (Å²) >= 11 is 0. The van der Waals surface area contributed by atoms with Gasteiger partial charge in [0.2, 0.25) is 0 Å². The summed E-state index contributed by atoms with van der Waals surface area (Å²) in [5.74, 6) is -0.883. The third-order valence-electron chi connectivity index (χ3n) is 14.3. The normalized spacial score (nSPS) is 12.8. The van der Waals surface area contributed by atoms with Crippen molar-refractivity contribution in [3.05, 3.63) is 109 Å². The van der Waals surface area contributed by atoms with Gasteiger partial charge < -0.3 is 14.2 Å². The van der Waals surface area contributed by atoms with E-state index in [1.807, 2.05) is 0 Å². The van der Waals surface area contributed by atoms with E-state index in [9.17, 15) is 14.4 Å². The third kappa shape index (κ3) is 64.8. The molecule has 0 fully saturated rings. The molecule has 452 valence electrons. The molecule has 0 spiro atoms. The molecule has 0 bridgehead atoms. The van der Waals surface area contributed by atoms with Crippen LogP contribution in [-0.2, 0) is 28.6 Å². The van der Waals surface area contributed by atoms with Crippen molar-refractivity contribution in [2.24, 2.45) is 0 Å². The second-order valence-electron chi connectivity index (χ2n) is 22.0. The Bertz CT molecular complexity index is 1590. The molecule has 0 radical (unpaired) electrons. The Kier molecular flexibility index (Phi) is 63.3. The molecule has 0 aromatic heterocycles. The fourth-order valence-corrected chi connectivity index (χ4v) is 9.28. The van der Waals surface area contributed by atoms with Crippen molar-refractivity contribution < 1.29 is 28.6 Å². The van der Waals surface area contributed by atoms with Crippen LogP contribution in [0.25, 0.3) is 0 Å². The number of hydrogen-bond acceptors (Lipinski definition) is 6. The van der Waals surface area contributed by atoms with E-state index in [-0.39, 0.29) is 31.1 Å². The molecule has 0 aliphatic carbocycles. The van der Waals surface area contributed by atoms with Crippen LogP contribution in [0.1, 0.15) is 316 Å². The lowest BCUT2D eigenvalue weighted by Crippen LogP contribution is -2.30. The van der Waals surface area contributed by atoms with Crippen molar-refractivity contribution >= 4 is 17.9 Å². The molecule has 0 amide bonds. The molecule has 0 saturated heterocycles. The first kappa shape index (κ1) is 75.1. The number of ether oxygens (including phenoxy) is 3. The average Bonchev–Trinajstić information content (AvgIpc) is 3.45. The largest absolute Gasteiger partial charge is 0.462 e. The van der Waals surface area contributed by atoms with Crippen molar-refractivity contribution in [1.82, 2.24) is 0 Å². The summed E-state index contributed by atoms with van der Waals surface area (Å²) in [5.41, 5.74) is 0. The van der Waals surface area contributed by atoms with E-state index in [4.69, 9.17) is 14.2 Å². The monoisotopic (exact) mass is 1100 g/mol. The molecule has 0 aromatic rings. The van der Waals surface area contributed by atoms with Crippen LogP contribution in [0.15, 0.2) is 109 Å². The number of rotatable bonds is 60. The predicted octanol–water partition coefficient (Wildman–Crippen LogP) is 23.0. The summed E-state index contributed by atoms with van der Waals surface area (Å²) in [7, 11) is 0. The van der Waals surface area contributed by atoms with Gasteiger partial charge >= 0.3 is 17.9 Å². The van der Waals surface area contributed by atoms with E-state index < -0.39 is 6.10 Å². The zero-order valence-corrected chi connectivity index (χ0v) is 51.9. The molecule has 0 saturated carbocycles. The predicted molar refractivity (Wildman–Crippen MR) is 343 cm³/mol. The van der Waals surface area contributed by atoms with Crippen LogP contribution in [0.2, 0.25) is 0 Å². The smallest absolute Gasteiger partial charge is 0.306 e. The van der Waals surface area contributed by atoms with Gasteiger partial charge in [-0.2, -0.15) is 0 Å². The number of unbranched alkanes of at least 4 members (excludes halogenated alkanes) is 31. The Hall–Kier alpha value is -3.93. The molecule has 0 heterocycles. The van der Waals surface area contributed by atoms with Crippen LogP contribution >= 0.6 is 0 Å². The zero-order chi connectivity index (χ0) is 57.1. The Balaban J connectivity index is 4.20. The maximum absolute atomic E-state index is 12.9. The summed E-state index contributed by atoms with van der Waals surface area (Å²) in [4.78, 5) is 38.2. The topological polar surface area (TPSA) is 78.9 Å². The Labute approximate surface area is 489 Å². The quantitative estimate of drug-likeness (QED) is 0.0261. The van der Waals surface area contributed by atoms with Gasteiger partial charge in [-0.25, -0.2) is 0 Å². The standard InChI is InChI=1S/C73H124O6/c1-4-7-10-13-16-19-21-23-25-27-29-30-31-32-33-34-35-36-37-38-39-40-41-42-44-45-47-49-51-54-57-60-63-66-72(75)78-69-70(68-77-71(74)65-62-59-56-53-18-15-12-9-6-3)79-73(76)67-64-61-58-55-52-50-48-46-43-28-26-24-22-20-17-14-11-8-5-2/h7,10,16,19,23-26,29-30,32-33,35-36,38-39,41-42,70H,4-6,8-9,11-15,17-18,20-22,27-28,31,34,37,40,43-69H2,1-3H3/b10-7-,19-16-,25-23-,26-24-,30-29-,33-32-,36-35-,39-38-,42-41-. The lowest BCUT2D eigenvalue weighted by Gasteiger charge is -2.18. The van der Waals surface area contributed by atoms with Gasteiger partial charge in [0.05, 0.1) is 0 Å². The van der Waals surface area contributed by atoms with Gasteiger partial charge in [-0.3, -0.25) is 14.4 Å². The van der Waals surface area contributed by atoms with Gasteiger partial charge in [0, 0.05) is 19.3 Å². The molecular formula is C73H124O6. The van der Waals surface area contributed by atoms with Crippen LogP contribution in [0, 0.1) is 0 Å². The fourth-order valence-electron chi connectivity index (χ4n) is 9.28. The van der Waals surface area contributed by atoms with Gasteiger partial charge in [0.25, 0.3) is 0 Å². The van der Waals surface area contributed by atoms with E-state index in [0.29, 0.717) is 19.3 Å². The van der Waals surface area contributed by atoms with Gasteiger partial charge in [-0.05, 0) is 109 Å². The lowest BCUT2D eigenvalue weighted by atomic mass is 10.1. The van der Waals surface area contributed by atoms with Gasteiger partial charge in [0.15, 0.2) is 6.10 Å². The molecule has 6 heteroatoms. The average molecular weight is 1100 g/mol. The number of carbonyl (C=O) groups excluding carboxylic acids is 3. The Morgan fingerprint density at radius 1 is 0.266 bits per heavy atom. The molecular weight excluding hydrogens is 973 g/mol. The fraction of sp³-hybridized carbons (Fsp3) is 0.712. The van der Waals surface area contributed by atoms with Crippen molar-refractivity contribution in [3.8, 4) is 0 Å². The van der Waals surface area contributed by atoms with Crippen LogP contribution in [-0.4, -0.2) is 37.2 Å². The van der Waals surface area contributed by atoms with Crippen LogP contribution in [0.5, 0.6) is 0 Å². The molecule has 6 nitrogen and oxygen atoms in total. The van der Waals surface area contributed by atoms with Gasteiger partial charge in [-0.15, -0.1) is 0 Å². The molecule has 0 rings (SSSR count). The highest BCUT2D eigenvalue weighted by molar-refractivity contribution is 5.71. The number of carbonyl (C=O) groups is 3. The second kappa shape index (κ2) is 66.6. The van der Waals surface area contributed by atoms with Crippen molar-refractivity contribution in [2.75, 3.05) is 13.2 Å². The zero-order valence-electron chi connectivity index (χ0n) is 51.9. The molecule has 1 unspecified atom stereocenters. The van der Waals surface area contributed by atoms with Crippen molar-refractivity contribution in [1.29, 1.82) is 0 Å². The summed E-state index contributed by atoms with van der Waals surface area (Å²) in [5, 5.41) is 0. The van der Waals surface area contributed by atoms with E-state index in [1.165, 1.54) is 161 Å². The second-order valence-corrected chi connectivity index (χ2v) is 22.0. The summed E-state index contributed by atoms with van der Waals surface area (Å²) < 4.78 is 16.9. The lowest BCUT2D eigenvalue weighted by molar-refractivity contribution is -0.167. The Morgan fingerprint density at radius 2 is 0.494 bits per heavy atom. The molecule has 0 aliphatic rings. The first-order valence-electron chi connectivity index (χ1n) is 33.4. The van der Waals surface area contributed by atoms with Crippen molar-refractivity contribution in [3.63, 3.8) is 0 Å². The minimum absolute atomic E-state index is 0.0787. The summed E-state index contributed by atoms with van der Waals surface area (Å²) in [6.07, 6.45) is 91.1. The minimum Gasteiger partial charge on any atom is -0.462 e. The summed E-state index contributed by atoms with van der Waals surface area (Å²) in [6, 6.07) is 0. The highest BCUT2D eigenvalue weighted by Gasteiger charge is 2.19. The SMILES string of the molecule is CC/C=C\C/C=C\C/C=C\C/C=C\C/C=C\C/C=C\C/C=C\C/C=C\CCCCCCCCCCC(=O)OCC(COC(=O)CCCCCCCCCCC)OC(=O)CCCCCCCCCCC/C=C\CCCCCCCC. The molecule has 0 aromatic carbocycles. The molecule has 1 atom stereocenters. The van der Waals surface area contributed by atoms with E-state index >= 15 is 0 Å². The maximum Gasteiger partial charge on any atom is 0.306 e. The highest BCUT2D eigenvalue weighted by Crippen LogP contribution is 2.16. The highest BCUT2D eigenvalue weighted by atomic mass is 16.6. The third-order valence-corrected chi connectivity index (χ3v) is 14.3. The van der Waals surface area contributed by atoms with Gasteiger partial charge in [0.1, 0.15) is 13.2 Å². The van der Waals surface area contributed by atoms with Crippen LogP contribution in [0.4, 0.5) is 0 Å². The van der Waals surface area contributed by atoms with E-state index in [1.54, 1.807) is 0 Å². The first-order chi connectivity index (χ1) is 39.0. The number of allylic oxidation sites excluding steroid dienone is 18. The molecule has 79 heavy (non-hydrogen) atoms. The summed E-state index contributed by atoms with van der Waals surface area (Å²) in [6.45, 7) is 6.52. The molecule has 0 N–H and O–H groups in total. The maximum atomic E-state index is 12.9. The van der Waals surface area contributed by atoms with E-state index in [2.05, 4.69) is 130 Å². The number of hydrogen-bond donors (Lipinski definition) is 0. The minimum atomic E-state index is -0.781. The Morgan fingerprint density at radius 3 is 0.785 bits per heavy atom. The number of esters is 3. The molecule has 0 aliphatic heterocycles.